The molecule has 2 atom stereocenters. The van der Waals surface area contributed by atoms with E-state index in [1.807, 2.05) is 24.3 Å². The Morgan fingerprint density at radius 1 is 1.29 bits per heavy atom. The number of ketones is 1. The number of rotatable bonds is 2. The Hall–Kier alpha value is -1.57. The van der Waals surface area contributed by atoms with Gasteiger partial charge >= 0.3 is 0 Å². The van der Waals surface area contributed by atoms with Gasteiger partial charge in [0.2, 0.25) is 0 Å². The first-order valence-corrected chi connectivity index (χ1v) is 6.18. The molecule has 2 aliphatic rings. The van der Waals surface area contributed by atoms with E-state index in [2.05, 4.69) is 6.08 Å². The summed E-state index contributed by atoms with van der Waals surface area (Å²) < 4.78 is 5.19. The van der Waals surface area contributed by atoms with Gasteiger partial charge in [-0.15, -0.1) is 0 Å². The van der Waals surface area contributed by atoms with Crippen LogP contribution in [-0.2, 0) is 4.79 Å². The van der Waals surface area contributed by atoms with Crippen LogP contribution < -0.4 is 4.74 Å². The van der Waals surface area contributed by atoms with Crippen LogP contribution in [0.2, 0.25) is 0 Å². The Morgan fingerprint density at radius 2 is 2.12 bits per heavy atom. The lowest BCUT2D eigenvalue weighted by Gasteiger charge is -2.12. The quantitative estimate of drug-likeness (QED) is 0.727. The molecule has 2 bridgehead atoms. The largest absolute Gasteiger partial charge is 0.497 e. The summed E-state index contributed by atoms with van der Waals surface area (Å²) in [6.07, 6.45) is 5.41. The van der Waals surface area contributed by atoms with Crippen LogP contribution in [0.1, 0.15) is 24.8 Å². The first-order valence-electron chi connectivity index (χ1n) is 6.18. The van der Waals surface area contributed by atoms with E-state index in [9.17, 15) is 4.79 Å². The molecule has 1 aromatic carbocycles. The van der Waals surface area contributed by atoms with Gasteiger partial charge < -0.3 is 4.74 Å². The lowest BCUT2D eigenvalue weighted by Crippen LogP contribution is -2.11. The van der Waals surface area contributed by atoms with E-state index in [-0.39, 0.29) is 0 Å². The maximum Gasteiger partial charge on any atom is 0.162 e. The molecular formula is C15H16O2. The topological polar surface area (TPSA) is 26.3 Å². The smallest absolute Gasteiger partial charge is 0.162 e. The highest BCUT2D eigenvalue weighted by atomic mass is 16.5. The molecule has 2 saturated carbocycles. The van der Waals surface area contributed by atoms with Crippen LogP contribution in [0.4, 0.5) is 0 Å². The molecule has 0 saturated heterocycles. The highest BCUT2D eigenvalue weighted by Crippen LogP contribution is 2.46. The van der Waals surface area contributed by atoms with Gasteiger partial charge in [-0.3, -0.25) is 4.79 Å². The van der Waals surface area contributed by atoms with Crippen LogP contribution >= 0.6 is 0 Å². The van der Waals surface area contributed by atoms with Gasteiger partial charge in [-0.25, -0.2) is 0 Å². The van der Waals surface area contributed by atoms with E-state index in [0.717, 1.165) is 29.7 Å². The van der Waals surface area contributed by atoms with Gasteiger partial charge in [-0.2, -0.15) is 0 Å². The zero-order valence-electron chi connectivity index (χ0n) is 9.98. The first-order chi connectivity index (χ1) is 8.28. The Bertz CT molecular complexity index is 487. The van der Waals surface area contributed by atoms with Gasteiger partial charge in [0, 0.05) is 5.92 Å². The van der Waals surface area contributed by atoms with Crippen LogP contribution in [-0.4, -0.2) is 12.9 Å². The Labute approximate surface area is 101 Å². The maximum absolute atomic E-state index is 12.0. The molecule has 0 heterocycles. The summed E-state index contributed by atoms with van der Waals surface area (Å²) in [6.45, 7) is 0. The highest BCUT2D eigenvalue weighted by molar-refractivity contribution is 6.04. The molecule has 0 aromatic heterocycles. The summed E-state index contributed by atoms with van der Waals surface area (Å²) in [5.41, 5.74) is 2.11. The summed E-state index contributed by atoms with van der Waals surface area (Å²) in [6, 6.07) is 7.88. The third kappa shape index (κ3) is 1.78. The number of hydrogen-bond donors (Lipinski definition) is 0. The molecule has 0 amide bonds. The molecule has 0 radical (unpaired) electrons. The van der Waals surface area contributed by atoms with Crippen molar-refractivity contribution in [2.45, 2.75) is 19.3 Å². The zero-order valence-corrected chi connectivity index (χ0v) is 9.98. The number of fused-ring (bicyclic) bond motifs is 2. The van der Waals surface area contributed by atoms with Crippen molar-refractivity contribution in [1.82, 2.24) is 0 Å². The van der Waals surface area contributed by atoms with Gasteiger partial charge in [0.05, 0.1) is 7.11 Å². The van der Waals surface area contributed by atoms with E-state index in [4.69, 9.17) is 4.74 Å². The fourth-order valence-corrected chi connectivity index (χ4v) is 3.04. The Balaban J connectivity index is 1.93. The third-order valence-electron chi connectivity index (χ3n) is 3.94. The summed E-state index contributed by atoms with van der Waals surface area (Å²) in [4.78, 5) is 12.0. The minimum atomic E-state index is 0.317. The van der Waals surface area contributed by atoms with E-state index < -0.39 is 0 Å². The third-order valence-corrected chi connectivity index (χ3v) is 3.94. The molecule has 0 aliphatic heterocycles. The van der Waals surface area contributed by atoms with E-state index >= 15 is 0 Å². The lowest BCUT2D eigenvalue weighted by atomic mass is 9.92. The fraction of sp³-hybridized carbons (Fsp3) is 0.400. The summed E-state index contributed by atoms with van der Waals surface area (Å²) in [5.74, 6) is 2.05. The SMILES string of the molecule is COc1cccc(/C=C2/C(=O)[C@H]3CC[C@@H]2C3)c1. The molecule has 2 heteroatoms. The molecular weight excluding hydrogens is 212 g/mol. The number of ether oxygens (including phenoxy) is 1. The maximum atomic E-state index is 12.0. The van der Waals surface area contributed by atoms with Crippen LogP contribution in [0, 0.1) is 11.8 Å². The van der Waals surface area contributed by atoms with E-state index in [0.29, 0.717) is 17.6 Å². The monoisotopic (exact) mass is 228 g/mol. The normalized spacial score (nSPS) is 29.0. The minimum absolute atomic E-state index is 0.317. The minimum Gasteiger partial charge on any atom is -0.497 e. The Morgan fingerprint density at radius 3 is 2.82 bits per heavy atom. The van der Waals surface area contributed by atoms with Crippen LogP contribution in [0.5, 0.6) is 5.75 Å². The summed E-state index contributed by atoms with van der Waals surface area (Å²) in [5, 5.41) is 0. The van der Waals surface area contributed by atoms with Gasteiger partial charge in [-0.1, -0.05) is 12.1 Å². The molecule has 2 aliphatic carbocycles. The second kappa shape index (κ2) is 4.02. The molecule has 88 valence electrons. The number of hydrogen-bond acceptors (Lipinski definition) is 2. The molecule has 0 unspecified atom stereocenters. The molecule has 2 fully saturated rings. The first kappa shape index (κ1) is 10.6. The van der Waals surface area contributed by atoms with Gasteiger partial charge in [-0.05, 0) is 54.5 Å². The number of methoxy groups -OCH3 is 1. The predicted octanol–water partition coefficient (Wildman–Crippen LogP) is 3.08. The second-order valence-electron chi connectivity index (χ2n) is 4.95. The molecule has 3 rings (SSSR count). The lowest BCUT2D eigenvalue weighted by molar-refractivity contribution is -0.118. The van der Waals surface area contributed by atoms with Gasteiger partial charge in [0.15, 0.2) is 5.78 Å². The zero-order chi connectivity index (χ0) is 11.8. The second-order valence-corrected chi connectivity index (χ2v) is 4.95. The number of Topliss-reactive ketones (excluding diaryl/α,β-unsaturated/α-hetero) is 1. The van der Waals surface area contributed by atoms with E-state index in [1.54, 1.807) is 7.11 Å². The van der Waals surface area contributed by atoms with Crippen molar-refractivity contribution in [2.24, 2.45) is 11.8 Å². The number of allylic oxidation sites excluding steroid dienone is 1. The summed E-state index contributed by atoms with van der Waals surface area (Å²) >= 11 is 0. The molecule has 1 aromatic rings. The number of carbonyl (C=O) groups excluding carboxylic acids is 1. The van der Waals surface area contributed by atoms with Crippen molar-refractivity contribution in [2.75, 3.05) is 7.11 Å². The highest BCUT2D eigenvalue weighted by Gasteiger charge is 2.42. The average molecular weight is 228 g/mol. The van der Waals surface area contributed by atoms with Crippen molar-refractivity contribution in [3.05, 3.63) is 35.4 Å². The number of benzene rings is 1. The van der Waals surface area contributed by atoms with Gasteiger partial charge in [0.1, 0.15) is 5.75 Å². The van der Waals surface area contributed by atoms with Crippen molar-refractivity contribution in [3.8, 4) is 5.75 Å². The van der Waals surface area contributed by atoms with Gasteiger partial charge in [0.25, 0.3) is 0 Å². The van der Waals surface area contributed by atoms with Crippen molar-refractivity contribution < 1.29 is 9.53 Å². The van der Waals surface area contributed by atoms with E-state index in [1.165, 1.54) is 6.42 Å². The predicted molar refractivity (Wildman–Crippen MR) is 66.8 cm³/mol. The van der Waals surface area contributed by atoms with Crippen molar-refractivity contribution >= 4 is 11.9 Å². The molecule has 17 heavy (non-hydrogen) atoms. The molecule has 0 N–H and O–H groups in total. The number of carbonyl (C=O) groups is 1. The fourth-order valence-electron chi connectivity index (χ4n) is 3.04. The standard InChI is InChI=1S/C15H16O2/c1-17-13-4-2-3-10(7-13)8-14-11-5-6-12(9-11)15(14)16/h2-4,7-8,11-12H,5-6,9H2,1H3/b14-8+/t11-,12+/m1/s1. The van der Waals surface area contributed by atoms with Crippen LogP contribution in [0.3, 0.4) is 0 Å². The average Bonchev–Trinajstić information content (AvgIpc) is 2.93. The molecule has 2 nitrogen and oxygen atoms in total. The Kier molecular flexibility index (Phi) is 2.50. The molecule has 0 spiro atoms. The van der Waals surface area contributed by atoms with Crippen LogP contribution in [0.15, 0.2) is 29.8 Å². The van der Waals surface area contributed by atoms with Crippen molar-refractivity contribution in [3.63, 3.8) is 0 Å². The van der Waals surface area contributed by atoms with Crippen LogP contribution in [0.25, 0.3) is 6.08 Å². The summed E-state index contributed by atoms with van der Waals surface area (Å²) in [7, 11) is 1.66. The van der Waals surface area contributed by atoms with Crippen molar-refractivity contribution in [1.29, 1.82) is 0 Å².